The minimum Gasteiger partial charge on any atom is -0.314 e. The monoisotopic (exact) mass is 351 g/mol. The second kappa shape index (κ2) is 4.92. The number of piperazine rings is 1. The summed E-state index contributed by atoms with van der Waals surface area (Å²) in [6.45, 7) is 4.82. The molecule has 0 aromatic carbocycles. The first kappa shape index (κ1) is 12.6. The van der Waals surface area contributed by atoms with Crippen molar-refractivity contribution in [3.8, 4) is 0 Å². The second-order valence-electron chi connectivity index (χ2n) is 5.92. The first-order valence-corrected chi connectivity index (χ1v) is 7.67. The average Bonchev–Trinajstić information content (AvgIpc) is 2.42. The van der Waals surface area contributed by atoms with Crippen LogP contribution in [0.15, 0.2) is 0 Å². The summed E-state index contributed by atoms with van der Waals surface area (Å²) in [5.41, 5.74) is 4.07. The molecule has 3 saturated carbocycles. The van der Waals surface area contributed by atoms with Gasteiger partial charge in [0, 0.05) is 37.3 Å². The van der Waals surface area contributed by atoms with Gasteiger partial charge in [-0.15, -0.1) is 0 Å². The van der Waals surface area contributed by atoms with Gasteiger partial charge in [-0.25, -0.2) is 3.17 Å². The van der Waals surface area contributed by atoms with E-state index in [1.807, 2.05) is 23.0 Å². The minimum absolute atomic E-state index is 0.289. The molecule has 0 aromatic rings. The van der Waals surface area contributed by atoms with Gasteiger partial charge in [0.25, 0.3) is 0 Å². The molecule has 0 atom stereocenters. The van der Waals surface area contributed by atoms with Gasteiger partial charge in [0.15, 0.2) is 0 Å². The lowest BCUT2D eigenvalue weighted by Gasteiger charge is -2.58. The molecule has 0 unspecified atom stereocenters. The Labute approximate surface area is 117 Å². The largest absolute Gasteiger partial charge is 0.314 e. The summed E-state index contributed by atoms with van der Waals surface area (Å²) in [6, 6.07) is 0. The predicted molar refractivity (Wildman–Crippen MR) is 75.8 cm³/mol. The van der Waals surface area contributed by atoms with Crippen LogP contribution in [0.5, 0.6) is 0 Å². The Morgan fingerprint density at radius 2 is 1.59 bits per heavy atom. The molecule has 98 valence electrons. The van der Waals surface area contributed by atoms with Gasteiger partial charge in [-0.2, -0.15) is 5.48 Å². The highest BCUT2D eigenvalue weighted by atomic mass is 127. The van der Waals surface area contributed by atoms with E-state index in [4.69, 9.17) is 3.17 Å². The lowest BCUT2D eigenvalue weighted by molar-refractivity contribution is -0.0612. The van der Waals surface area contributed by atoms with Crippen molar-refractivity contribution in [3.05, 3.63) is 0 Å². The molecule has 0 amide bonds. The van der Waals surface area contributed by atoms with E-state index < -0.39 is 0 Å². The molecule has 4 rings (SSSR count). The summed E-state index contributed by atoms with van der Waals surface area (Å²) >= 11 is 1.96. The van der Waals surface area contributed by atoms with E-state index >= 15 is 0 Å². The molecule has 3 aliphatic carbocycles. The Morgan fingerprint density at radius 1 is 1.00 bits per heavy atom. The van der Waals surface area contributed by atoms with Crippen LogP contribution in [0.25, 0.3) is 0 Å². The highest BCUT2D eigenvalue weighted by Crippen LogP contribution is 2.49. The Hall–Kier alpha value is 0.570. The molecule has 17 heavy (non-hydrogen) atoms. The molecule has 0 aromatic heterocycles. The van der Waals surface area contributed by atoms with Gasteiger partial charge in [0.05, 0.1) is 0 Å². The quantitative estimate of drug-likeness (QED) is 0.598. The third-order valence-electron chi connectivity index (χ3n) is 5.25. The number of fused-ring (bicyclic) bond motifs is 3. The van der Waals surface area contributed by atoms with E-state index in [9.17, 15) is 0 Å². The molecule has 0 spiro atoms. The highest BCUT2D eigenvalue weighted by molar-refractivity contribution is 14.1. The second-order valence-corrected chi connectivity index (χ2v) is 6.36. The van der Waals surface area contributed by atoms with Gasteiger partial charge < -0.3 is 5.32 Å². The lowest BCUT2D eigenvalue weighted by atomic mass is 9.61. The Bertz CT molecular complexity index is 256. The molecule has 2 N–H and O–H groups in total. The lowest BCUT2D eigenvalue weighted by Crippen LogP contribution is -2.65. The number of hydrogen-bond donors (Lipinski definition) is 2. The molecule has 4 aliphatic rings. The van der Waals surface area contributed by atoms with E-state index in [0.717, 1.165) is 0 Å². The molecule has 2 bridgehead atoms. The zero-order valence-corrected chi connectivity index (χ0v) is 12.5. The topological polar surface area (TPSA) is 36.5 Å². The summed E-state index contributed by atoms with van der Waals surface area (Å²) in [5, 5.41) is 3.46. The van der Waals surface area contributed by atoms with Crippen molar-refractivity contribution in [2.24, 2.45) is 0 Å². The third-order valence-corrected chi connectivity index (χ3v) is 5.47. The standard InChI is InChI=1S/C12H22IN3O/c13-17-15-11-1-4-12(5-2-11,6-3-11)16-9-7-14-8-10-16/h14-15H,1-10H2. The number of nitrogens with zero attached hydrogens (tertiary/aromatic N) is 1. The smallest absolute Gasteiger partial charge is 0.136 e. The Morgan fingerprint density at radius 3 is 2.12 bits per heavy atom. The van der Waals surface area contributed by atoms with E-state index in [-0.39, 0.29) is 5.54 Å². The normalized spacial score (nSPS) is 42.9. The van der Waals surface area contributed by atoms with Crippen molar-refractivity contribution >= 4 is 23.0 Å². The van der Waals surface area contributed by atoms with Crippen molar-refractivity contribution in [3.63, 3.8) is 0 Å². The van der Waals surface area contributed by atoms with Crippen LogP contribution in [0.2, 0.25) is 0 Å². The van der Waals surface area contributed by atoms with E-state index in [0.29, 0.717) is 5.54 Å². The number of nitrogens with one attached hydrogen (secondary N) is 2. The van der Waals surface area contributed by atoms with Crippen LogP contribution in [-0.2, 0) is 3.17 Å². The van der Waals surface area contributed by atoms with Gasteiger partial charge in [0.2, 0.25) is 0 Å². The van der Waals surface area contributed by atoms with Crippen molar-refractivity contribution in [2.45, 2.75) is 49.6 Å². The van der Waals surface area contributed by atoms with Gasteiger partial charge >= 0.3 is 0 Å². The fourth-order valence-corrected chi connectivity index (χ4v) is 4.48. The molecule has 4 nitrogen and oxygen atoms in total. The number of rotatable bonds is 3. The van der Waals surface area contributed by atoms with Crippen LogP contribution in [0.4, 0.5) is 0 Å². The van der Waals surface area contributed by atoms with Crippen molar-refractivity contribution in [1.82, 2.24) is 15.7 Å². The minimum atomic E-state index is 0.289. The van der Waals surface area contributed by atoms with E-state index in [2.05, 4.69) is 15.7 Å². The highest BCUT2D eigenvalue weighted by Gasteiger charge is 2.51. The van der Waals surface area contributed by atoms with Crippen LogP contribution >= 0.6 is 23.0 Å². The SMILES string of the molecule is IONC12CCC(N3CCNCC3)(CC1)CC2. The first-order chi connectivity index (χ1) is 8.29. The van der Waals surface area contributed by atoms with Crippen LogP contribution in [-0.4, -0.2) is 42.2 Å². The fourth-order valence-electron chi connectivity index (χ4n) is 4.01. The summed E-state index contributed by atoms with van der Waals surface area (Å²) in [6.07, 6.45) is 7.87. The summed E-state index contributed by atoms with van der Waals surface area (Å²) in [4.78, 5) is 2.76. The van der Waals surface area contributed by atoms with Crippen LogP contribution in [0.3, 0.4) is 0 Å². The first-order valence-electron chi connectivity index (χ1n) is 6.79. The van der Waals surface area contributed by atoms with Crippen LogP contribution in [0.1, 0.15) is 38.5 Å². The Balaban J connectivity index is 1.68. The third kappa shape index (κ3) is 2.25. The summed E-state index contributed by atoms with van der Waals surface area (Å²) in [7, 11) is 0. The molecule has 1 heterocycles. The molecule has 5 heteroatoms. The molecule has 1 saturated heterocycles. The number of hydroxylamine groups is 1. The fraction of sp³-hybridized carbons (Fsp3) is 1.00. The van der Waals surface area contributed by atoms with Crippen molar-refractivity contribution in [1.29, 1.82) is 0 Å². The molecular weight excluding hydrogens is 329 g/mol. The van der Waals surface area contributed by atoms with Gasteiger partial charge in [-0.1, -0.05) is 0 Å². The molecule has 1 aliphatic heterocycles. The van der Waals surface area contributed by atoms with Gasteiger partial charge in [-0.05, 0) is 38.5 Å². The van der Waals surface area contributed by atoms with Crippen LogP contribution < -0.4 is 10.8 Å². The van der Waals surface area contributed by atoms with E-state index in [1.165, 1.54) is 64.7 Å². The Kier molecular flexibility index (Phi) is 3.65. The van der Waals surface area contributed by atoms with Gasteiger partial charge in [-0.3, -0.25) is 4.90 Å². The number of hydrogen-bond acceptors (Lipinski definition) is 4. The number of halogens is 1. The maximum absolute atomic E-state index is 5.17. The maximum atomic E-state index is 5.17. The van der Waals surface area contributed by atoms with Crippen molar-refractivity contribution < 1.29 is 3.17 Å². The average molecular weight is 351 g/mol. The molecule has 4 fully saturated rings. The molecule has 0 radical (unpaired) electrons. The summed E-state index contributed by atoms with van der Waals surface area (Å²) in [5.74, 6) is 0. The zero-order chi connectivity index (χ0) is 11.8. The predicted octanol–water partition coefficient (Wildman–Crippen LogP) is 1.61. The van der Waals surface area contributed by atoms with Gasteiger partial charge in [0.1, 0.15) is 23.0 Å². The van der Waals surface area contributed by atoms with Crippen LogP contribution in [0, 0.1) is 0 Å². The molecular formula is C12H22IN3O. The zero-order valence-electron chi connectivity index (χ0n) is 10.3. The summed E-state index contributed by atoms with van der Waals surface area (Å²) < 4.78 is 5.17. The maximum Gasteiger partial charge on any atom is 0.136 e. The van der Waals surface area contributed by atoms with Crippen molar-refractivity contribution in [2.75, 3.05) is 26.2 Å². The van der Waals surface area contributed by atoms with E-state index in [1.54, 1.807) is 0 Å².